The van der Waals surface area contributed by atoms with E-state index in [0.29, 0.717) is 5.92 Å². The third-order valence-corrected chi connectivity index (χ3v) is 3.69. The lowest BCUT2D eigenvalue weighted by Crippen LogP contribution is -2.33. The molecule has 1 aromatic rings. The molecule has 3 heteroatoms. The maximum atomic E-state index is 9.59. The van der Waals surface area contributed by atoms with E-state index in [1.807, 2.05) is 31.2 Å². The average molecular weight is 279 g/mol. The number of nitrogens with zero attached hydrogens (tertiary/aromatic N) is 1. The summed E-state index contributed by atoms with van der Waals surface area (Å²) in [7, 11) is 5.82. The zero-order chi connectivity index (χ0) is 15.0. The van der Waals surface area contributed by atoms with Gasteiger partial charge in [-0.3, -0.25) is 0 Å². The molecule has 2 atom stereocenters. The van der Waals surface area contributed by atoms with Crippen LogP contribution in [0.1, 0.15) is 31.2 Å². The Hall–Kier alpha value is -1.06. The predicted octanol–water partition coefficient (Wildman–Crippen LogP) is 3.10. The van der Waals surface area contributed by atoms with E-state index in [2.05, 4.69) is 19.0 Å². The van der Waals surface area contributed by atoms with E-state index < -0.39 is 0 Å². The minimum Gasteiger partial charge on any atom is -0.497 e. The summed E-state index contributed by atoms with van der Waals surface area (Å²) in [6, 6.07) is 7.96. The van der Waals surface area contributed by atoms with E-state index >= 15 is 0 Å². The van der Waals surface area contributed by atoms with Crippen molar-refractivity contribution >= 4 is 0 Å². The molecule has 1 fully saturated rings. The van der Waals surface area contributed by atoms with Crippen LogP contribution in [0, 0.1) is 12.8 Å². The Morgan fingerprint density at radius 2 is 1.95 bits per heavy atom. The van der Waals surface area contributed by atoms with Crippen LogP contribution in [0.3, 0.4) is 0 Å². The van der Waals surface area contributed by atoms with E-state index in [1.54, 1.807) is 7.11 Å². The van der Waals surface area contributed by atoms with Crippen molar-refractivity contribution < 1.29 is 9.84 Å². The molecule has 0 bridgehead atoms. The van der Waals surface area contributed by atoms with Crippen molar-refractivity contribution in [3.8, 4) is 5.75 Å². The summed E-state index contributed by atoms with van der Waals surface area (Å²) in [6.07, 6.45) is 4.70. The second-order valence-corrected chi connectivity index (χ2v) is 5.89. The number of benzene rings is 1. The largest absolute Gasteiger partial charge is 0.497 e. The summed E-state index contributed by atoms with van der Waals surface area (Å²) in [6.45, 7) is 3.09. The fourth-order valence-corrected chi connectivity index (χ4v) is 2.61. The second kappa shape index (κ2) is 8.98. The van der Waals surface area contributed by atoms with Gasteiger partial charge in [-0.15, -0.1) is 0 Å². The molecule has 2 rings (SSSR count). The summed E-state index contributed by atoms with van der Waals surface area (Å²) in [4.78, 5) is 2.17. The molecule has 0 saturated heterocycles. The molecule has 20 heavy (non-hydrogen) atoms. The number of methoxy groups -OCH3 is 1. The first kappa shape index (κ1) is 17.0. The summed E-state index contributed by atoms with van der Waals surface area (Å²) >= 11 is 0. The summed E-state index contributed by atoms with van der Waals surface area (Å²) in [5.41, 5.74) is 1.23. The van der Waals surface area contributed by atoms with Crippen molar-refractivity contribution in [2.24, 2.45) is 5.92 Å². The van der Waals surface area contributed by atoms with Crippen LogP contribution in [0.15, 0.2) is 24.3 Å². The Kier molecular flexibility index (Phi) is 7.63. The van der Waals surface area contributed by atoms with Gasteiger partial charge >= 0.3 is 0 Å². The van der Waals surface area contributed by atoms with Crippen molar-refractivity contribution in [2.75, 3.05) is 27.7 Å². The predicted molar refractivity (Wildman–Crippen MR) is 84.2 cm³/mol. The zero-order valence-corrected chi connectivity index (χ0v) is 13.3. The van der Waals surface area contributed by atoms with E-state index in [-0.39, 0.29) is 6.10 Å². The highest BCUT2D eigenvalue weighted by molar-refractivity contribution is 5.27. The Labute approximate surface area is 123 Å². The van der Waals surface area contributed by atoms with Crippen molar-refractivity contribution in [2.45, 2.75) is 38.7 Å². The molecule has 1 aliphatic carbocycles. The third-order valence-electron chi connectivity index (χ3n) is 3.69. The fraction of sp³-hybridized carbons (Fsp3) is 0.647. The van der Waals surface area contributed by atoms with Crippen LogP contribution in [0.4, 0.5) is 0 Å². The van der Waals surface area contributed by atoms with Gasteiger partial charge in [0.05, 0.1) is 13.2 Å². The SMILES string of the molecule is CN(C)C[C@@H]1CCCC[C@H]1O.COc1cccc(C)c1. The molecule has 0 aliphatic heterocycles. The zero-order valence-electron chi connectivity index (χ0n) is 13.3. The van der Waals surface area contributed by atoms with Gasteiger partial charge in [0.25, 0.3) is 0 Å². The van der Waals surface area contributed by atoms with E-state index in [4.69, 9.17) is 4.74 Å². The lowest BCUT2D eigenvalue weighted by Gasteiger charge is -2.29. The molecule has 1 N–H and O–H groups in total. The van der Waals surface area contributed by atoms with Gasteiger partial charge in [0, 0.05) is 6.54 Å². The number of aryl methyl sites for hydroxylation is 1. The summed E-state index contributed by atoms with van der Waals surface area (Å²) in [5, 5.41) is 9.59. The lowest BCUT2D eigenvalue weighted by atomic mass is 9.86. The van der Waals surface area contributed by atoms with Crippen LogP contribution in [0.5, 0.6) is 5.75 Å². The first-order valence-electron chi connectivity index (χ1n) is 7.46. The fourth-order valence-electron chi connectivity index (χ4n) is 2.61. The third kappa shape index (κ3) is 6.40. The molecular weight excluding hydrogens is 250 g/mol. The highest BCUT2D eigenvalue weighted by Crippen LogP contribution is 2.24. The molecule has 1 aromatic carbocycles. The highest BCUT2D eigenvalue weighted by atomic mass is 16.5. The number of aliphatic hydroxyl groups is 1. The van der Waals surface area contributed by atoms with Crippen LogP contribution in [-0.2, 0) is 0 Å². The number of ether oxygens (including phenoxy) is 1. The minimum absolute atomic E-state index is 0.0360. The Morgan fingerprint density at radius 3 is 2.45 bits per heavy atom. The van der Waals surface area contributed by atoms with E-state index in [9.17, 15) is 5.11 Å². The van der Waals surface area contributed by atoms with Crippen LogP contribution in [-0.4, -0.2) is 43.9 Å². The van der Waals surface area contributed by atoms with Gasteiger partial charge < -0.3 is 14.7 Å². The lowest BCUT2D eigenvalue weighted by molar-refractivity contribution is 0.0555. The Bertz CT molecular complexity index is 379. The van der Waals surface area contributed by atoms with Gasteiger partial charge in [-0.2, -0.15) is 0 Å². The molecule has 0 aromatic heterocycles. The minimum atomic E-state index is -0.0360. The van der Waals surface area contributed by atoms with Crippen LogP contribution in [0.25, 0.3) is 0 Å². The van der Waals surface area contributed by atoms with Crippen molar-refractivity contribution in [1.29, 1.82) is 0 Å². The molecule has 0 spiro atoms. The number of hydrogen-bond donors (Lipinski definition) is 1. The van der Waals surface area contributed by atoms with Crippen LogP contribution >= 0.6 is 0 Å². The van der Waals surface area contributed by atoms with Gasteiger partial charge in [0.2, 0.25) is 0 Å². The Morgan fingerprint density at radius 1 is 1.25 bits per heavy atom. The number of aliphatic hydroxyl groups excluding tert-OH is 1. The van der Waals surface area contributed by atoms with Crippen molar-refractivity contribution in [1.82, 2.24) is 4.90 Å². The molecule has 1 aliphatic rings. The van der Waals surface area contributed by atoms with Gasteiger partial charge in [0.15, 0.2) is 0 Å². The Balaban J connectivity index is 0.000000204. The molecule has 0 radical (unpaired) electrons. The maximum absolute atomic E-state index is 9.59. The maximum Gasteiger partial charge on any atom is 0.119 e. The van der Waals surface area contributed by atoms with Gasteiger partial charge in [-0.25, -0.2) is 0 Å². The van der Waals surface area contributed by atoms with Crippen molar-refractivity contribution in [3.63, 3.8) is 0 Å². The topological polar surface area (TPSA) is 32.7 Å². The quantitative estimate of drug-likeness (QED) is 0.923. The molecule has 0 heterocycles. The molecule has 3 nitrogen and oxygen atoms in total. The van der Waals surface area contributed by atoms with Crippen LogP contribution < -0.4 is 4.74 Å². The van der Waals surface area contributed by atoms with E-state index in [1.165, 1.54) is 24.8 Å². The summed E-state index contributed by atoms with van der Waals surface area (Å²) in [5.74, 6) is 1.45. The smallest absolute Gasteiger partial charge is 0.119 e. The monoisotopic (exact) mass is 279 g/mol. The molecule has 114 valence electrons. The first-order valence-corrected chi connectivity index (χ1v) is 7.46. The molecule has 0 amide bonds. The van der Waals surface area contributed by atoms with Crippen molar-refractivity contribution in [3.05, 3.63) is 29.8 Å². The number of rotatable bonds is 3. The first-order chi connectivity index (χ1) is 9.52. The second-order valence-electron chi connectivity index (χ2n) is 5.89. The molecule has 1 saturated carbocycles. The molecular formula is C17H29NO2. The van der Waals surface area contributed by atoms with Gasteiger partial charge in [-0.05, 0) is 57.5 Å². The van der Waals surface area contributed by atoms with E-state index in [0.717, 1.165) is 18.7 Å². The number of hydrogen-bond acceptors (Lipinski definition) is 3. The highest BCUT2D eigenvalue weighted by Gasteiger charge is 2.22. The standard InChI is InChI=1S/C9H19NO.C8H10O/c1-10(2)7-8-5-3-4-6-9(8)11;1-7-4-3-5-8(6-7)9-2/h8-9,11H,3-7H2,1-2H3;3-6H,1-2H3/t8-,9+;/m0./s1. The van der Waals surface area contributed by atoms with Gasteiger partial charge in [0.1, 0.15) is 5.75 Å². The average Bonchev–Trinajstić information content (AvgIpc) is 2.42. The van der Waals surface area contributed by atoms with Crippen LogP contribution in [0.2, 0.25) is 0 Å². The van der Waals surface area contributed by atoms with Gasteiger partial charge in [-0.1, -0.05) is 25.0 Å². The normalized spacial score (nSPS) is 22.1. The molecule has 0 unspecified atom stereocenters. The summed E-state index contributed by atoms with van der Waals surface area (Å²) < 4.78 is 5.00.